The number of anilines is 1. The van der Waals surface area contributed by atoms with Crippen LogP contribution in [-0.4, -0.2) is 38.0 Å². The zero-order valence-corrected chi connectivity index (χ0v) is 20.9. The summed E-state index contributed by atoms with van der Waals surface area (Å²) < 4.78 is 1.91. The average molecular weight is 493 g/mol. The van der Waals surface area contributed by atoms with Gasteiger partial charge in [0.2, 0.25) is 5.91 Å². The maximum atomic E-state index is 14.0. The van der Waals surface area contributed by atoms with Crippen molar-refractivity contribution in [2.45, 2.75) is 70.4 Å². The van der Waals surface area contributed by atoms with E-state index in [9.17, 15) is 14.7 Å². The van der Waals surface area contributed by atoms with Gasteiger partial charge in [0.15, 0.2) is 0 Å². The number of carboxylic acids is 1. The number of amides is 1. The highest BCUT2D eigenvalue weighted by molar-refractivity contribution is 7.18. The first-order valence-electron chi connectivity index (χ1n) is 12.6. The van der Waals surface area contributed by atoms with Crippen LogP contribution < -0.4 is 4.90 Å². The summed E-state index contributed by atoms with van der Waals surface area (Å²) in [6.07, 6.45) is 10.8. The van der Waals surface area contributed by atoms with Crippen LogP contribution in [0.15, 0.2) is 48.8 Å². The molecule has 35 heavy (non-hydrogen) atoms. The fourth-order valence-corrected chi connectivity index (χ4v) is 6.64. The standard InChI is InChI=1S/C27H32N4O3S/c1-18-7-9-20(10-8-18)26(32)31(22-13-11-21(12-14-22)30-16-15-28-29-30)23-17-24(35-25(23)27(33)34)19-5-3-2-4-6-19/h2-6,15-18,20-22H,7-14H2,1H3,(H,33,34). The Morgan fingerprint density at radius 1 is 1.03 bits per heavy atom. The van der Waals surface area contributed by atoms with Crippen molar-refractivity contribution in [1.82, 2.24) is 15.0 Å². The van der Waals surface area contributed by atoms with Gasteiger partial charge in [0.05, 0.1) is 17.9 Å². The summed E-state index contributed by atoms with van der Waals surface area (Å²) in [6.45, 7) is 2.25. The van der Waals surface area contributed by atoms with Crippen LogP contribution in [0, 0.1) is 11.8 Å². The van der Waals surface area contributed by atoms with Crippen molar-refractivity contribution in [3.8, 4) is 10.4 Å². The van der Waals surface area contributed by atoms with E-state index in [1.807, 2.05) is 52.2 Å². The number of nitrogens with zero attached hydrogens (tertiary/aromatic N) is 4. The van der Waals surface area contributed by atoms with E-state index >= 15 is 0 Å². The summed E-state index contributed by atoms with van der Waals surface area (Å²) in [6, 6.07) is 12.0. The van der Waals surface area contributed by atoms with Gasteiger partial charge < -0.3 is 10.0 Å². The second-order valence-corrected chi connectivity index (χ2v) is 11.1. The van der Waals surface area contributed by atoms with Crippen molar-refractivity contribution < 1.29 is 14.7 Å². The van der Waals surface area contributed by atoms with Crippen molar-refractivity contribution in [3.05, 3.63) is 53.7 Å². The molecule has 2 aromatic heterocycles. The van der Waals surface area contributed by atoms with Crippen LogP contribution in [0.4, 0.5) is 5.69 Å². The number of carbonyl (C=O) groups is 2. The number of aromatic carboxylic acids is 1. The number of hydrogen-bond donors (Lipinski definition) is 1. The minimum atomic E-state index is -0.974. The van der Waals surface area contributed by atoms with Crippen molar-refractivity contribution >= 4 is 28.9 Å². The monoisotopic (exact) mass is 492 g/mol. The number of carbonyl (C=O) groups excluding carboxylic acids is 1. The third-order valence-corrected chi connectivity index (χ3v) is 8.83. The highest BCUT2D eigenvalue weighted by Gasteiger charge is 2.38. The number of aromatic nitrogens is 3. The van der Waals surface area contributed by atoms with Gasteiger partial charge in [0.1, 0.15) is 4.88 Å². The summed E-state index contributed by atoms with van der Waals surface area (Å²) in [5.74, 6) is -0.272. The predicted octanol–water partition coefficient (Wildman–Crippen LogP) is 6.05. The summed E-state index contributed by atoms with van der Waals surface area (Å²) in [5.41, 5.74) is 1.54. The molecule has 1 aromatic carbocycles. The Kier molecular flexibility index (Phi) is 7.00. The molecule has 1 N–H and O–H groups in total. The molecule has 0 saturated heterocycles. The van der Waals surface area contributed by atoms with Gasteiger partial charge in [-0.15, -0.1) is 16.4 Å². The fraction of sp³-hybridized carbons (Fsp3) is 0.481. The van der Waals surface area contributed by atoms with Crippen LogP contribution in [0.1, 0.15) is 74.0 Å². The largest absolute Gasteiger partial charge is 0.477 e. The van der Waals surface area contributed by atoms with E-state index in [4.69, 9.17) is 0 Å². The molecule has 3 aromatic rings. The maximum Gasteiger partial charge on any atom is 0.348 e. The van der Waals surface area contributed by atoms with E-state index in [2.05, 4.69) is 17.2 Å². The molecule has 2 aliphatic carbocycles. The summed E-state index contributed by atoms with van der Waals surface area (Å²) in [4.78, 5) is 29.4. The Hall–Kier alpha value is -3.00. The molecule has 7 nitrogen and oxygen atoms in total. The van der Waals surface area contributed by atoms with Gasteiger partial charge in [-0.25, -0.2) is 9.48 Å². The maximum absolute atomic E-state index is 14.0. The zero-order chi connectivity index (χ0) is 24.4. The van der Waals surface area contributed by atoms with Crippen LogP contribution in [-0.2, 0) is 4.79 Å². The highest BCUT2D eigenvalue weighted by atomic mass is 32.1. The van der Waals surface area contributed by atoms with Crippen molar-refractivity contribution in [3.63, 3.8) is 0 Å². The van der Waals surface area contributed by atoms with Crippen LogP contribution in [0.5, 0.6) is 0 Å². The first-order valence-corrected chi connectivity index (χ1v) is 13.4. The third kappa shape index (κ3) is 5.03. The Balaban J connectivity index is 1.48. The number of hydrogen-bond acceptors (Lipinski definition) is 5. The Morgan fingerprint density at radius 3 is 2.37 bits per heavy atom. The summed E-state index contributed by atoms with van der Waals surface area (Å²) in [7, 11) is 0. The minimum Gasteiger partial charge on any atom is -0.477 e. The molecule has 184 valence electrons. The Bertz CT molecular complexity index is 1140. The molecule has 2 aliphatic rings. The molecule has 5 rings (SSSR count). The second kappa shape index (κ2) is 10.3. The van der Waals surface area contributed by atoms with E-state index in [0.29, 0.717) is 11.6 Å². The van der Waals surface area contributed by atoms with Crippen molar-refractivity contribution in [2.24, 2.45) is 11.8 Å². The van der Waals surface area contributed by atoms with E-state index in [0.717, 1.165) is 61.8 Å². The number of rotatable bonds is 6. The molecule has 0 spiro atoms. The van der Waals surface area contributed by atoms with E-state index in [1.54, 1.807) is 6.20 Å². The molecular weight excluding hydrogens is 460 g/mol. The molecule has 0 bridgehead atoms. The zero-order valence-electron chi connectivity index (χ0n) is 20.0. The van der Waals surface area contributed by atoms with E-state index in [-0.39, 0.29) is 28.8 Å². The number of thiophene rings is 1. The lowest BCUT2D eigenvalue weighted by molar-refractivity contribution is -0.124. The van der Waals surface area contributed by atoms with Crippen LogP contribution in [0.3, 0.4) is 0 Å². The molecule has 2 heterocycles. The highest BCUT2D eigenvalue weighted by Crippen LogP contribution is 2.42. The van der Waals surface area contributed by atoms with Gasteiger partial charge in [-0.05, 0) is 68.9 Å². The van der Waals surface area contributed by atoms with Crippen LogP contribution >= 0.6 is 11.3 Å². The van der Waals surface area contributed by atoms with Crippen molar-refractivity contribution in [2.75, 3.05) is 4.90 Å². The molecule has 0 radical (unpaired) electrons. The van der Waals surface area contributed by atoms with Gasteiger partial charge in [-0.3, -0.25) is 4.79 Å². The predicted molar refractivity (Wildman–Crippen MR) is 137 cm³/mol. The topological polar surface area (TPSA) is 88.3 Å². The lowest BCUT2D eigenvalue weighted by Gasteiger charge is -2.39. The van der Waals surface area contributed by atoms with Crippen LogP contribution in [0.2, 0.25) is 0 Å². The SMILES string of the molecule is CC1CCC(C(=O)N(c2cc(-c3ccccc3)sc2C(=O)O)C2CCC(n3ccnn3)CC2)CC1. The average Bonchev–Trinajstić information content (AvgIpc) is 3.57. The van der Waals surface area contributed by atoms with Gasteiger partial charge in [0, 0.05) is 23.0 Å². The summed E-state index contributed by atoms with van der Waals surface area (Å²) in [5, 5.41) is 18.2. The molecule has 0 atom stereocenters. The fourth-order valence-electron chi connectivity index (χ4n) is 5.65. The second-order valence-electron chi connectivity index (χ2n) is 10.0. The third-order valence-electron chi connectivity index (χ3n) is 7.67. The van der Waals surface area contributed by atoms with E-state index < -0.39 is 5.97 Å². The minimum absolute atomic E-state index is 0.0158. The normalized spacial score (nSPS) is 24.7. The number of carboxylic acid groups (broad SMARTS) is 1. The molecule has 0 aliphatic heterocycles. The summed E-state index contributed by atoms with van der Waals surface area (Å²) >= 11 is 1.26. The molecule has 1 amide bonds. The molecule has 2 fully saturated rings. The lowest BCUT2D eigenvalue weighted by Crippen LogP contribution is -2.46. The van der Waals surface area contributed by atoms with Crippen molar-refractivity contribution in [1.29, 1.82) is 0 Å². The lowest BCUT2D eigenvalue weighted by atomic mass is 9.81. The molecular formula is C27H32N4O3S. The molecule has 8 heteroatoms. The molecule has 0 unspecified atom stereocenters. The van der Waals surface area contributed by atoms with E-state index in [1.165, 1.54) is 11.3 Å². The first-order chi connectivity index (χ1) is 17.0. The van der Waals surface area contributed by atoms with Gasteiger partial charge in [-0.2, -0.15) is 0 Å². The molecule has 2 saturated carbocycles. The first kappa shape index (κ1) is 23.7. The number of benzene rings is 1. The quantitative estimate of drug-likeness (QED) is 0.453. The van der Waals surface area contributed by atoms with Gasteiger partial charge in [-0.1, -0.05) is 42.5 Å². The van der Waals surface area contributed by atoms with Crippen LogP contribution in [0.25, 0.3) is 10.4 Å². The van der Waals surface area contributed by atoms with Gasteiger partial charge >= 0.3 is 5.97 Å². The smallest absolute Gasteiger partial charge is 0.348 e. The Labute approximate surface area is 209 Å². The Morgan fingerprint density at radius 2 is 1.74 bits per heavy atom. The van der Waals surface area contributed by atoms with Gasteiger partial charge in [0.25, 0.3) is 0 Å².